The molecule has 0 saturated carbocycles. The number of esters is 1. The number of aryl methyl sites for hydroxylation is 2. The lowest BCUT2D eigenvalue weighted by molar-refractivity contribution is -0.150. The number of carbonyl (C=O) groups is 1. The van der Waals surface area contributed by atoms with E-state index in [4.69, 9.17) is 4.74 Å². The van der Waals surface area contributed by atoms with Gasteiger partial charge in [-0.05, 0) is 33.8 Å². The Bertz CT molecular complexity index is 661. The smallest absolute Gasteiger partial charge is 0.312 e. The van der Waals surface area contributed by atoms with E-state index in [9.17, 15) is 4.79 Å². The number of carbonyl (C=O) groups excluding carboxylic acids is 1. The highest BCUT2D eigenvalue weighted by atomic mass is 16.5. The van der Waals surface area contributed by atoms with Gasteiger partial charge in [0.15, 0.2) is 0 Å². The lowest BCUT2D eigenvalue weighted by Gasteiger charge is -2.21. The van der Waals surface area contributed by atoms with Crippen molar-refractivity contribution >= 4 is 11.7 Å². The summed E-state index contributed by atoms with van der Waals surface area (Å²) in [5.74, 6) is 0.484. The van der Waals surface area contributed by atoms with E-state index >= 15 is 0 Å². The first-order valence-corrected chi connectivity index (χ1v) is 6.95. The van der Waals surface area contributed by atoms with Crippen LogP contribution in [0.15, 0.2) is 12.3 Å². The van der Waals surface area contributed by atoms with Gasteiger partial charge in [-0.1, -0.05) is 0 Å². The molecule has 6 heteroatoms. The molecule has 6 nitrogen and oxygen atoms in total. The Morgan fingerprint density at radius 3 is 2.81 bits per heavy atom. The minimum absolute atomic E-state index is 0.221. The third-order valence-electron chi connectivity index (χ3n) is 3.47. The van der Waals surface area contributed by atoms with Crippen LogP contribution < -0.4 is 5.32 Å². The van der Waals surface area contributed by atoms with E-state index in [1.54, 1.807) is 0 Å². The molecule has 0 unspecified atom stereocenters. The molecule has 0 aliphatic heterocycles. The molecule has 0 amide bonds. The predicted molar refractivity (Wildman–Crippen MR) is 80.0 cm³/mol. The van der Waals surface area contributed by atoms with Gasteiger partial charge in [0.05, 0.1) is 24.4 Å². The first-order valence-electron chi connectivity index (χ1n) is 6.95. The van der Waals surface area contributed by atoms with Crippen LogP contribution in [0.5, 0.6) is 0 Å². The number of fused-ring (bicyclic) bond motifs is 1. The van der Waals surface area contributed by atoms with Gasteiger partial charge in [0.1, 0.15) is 0 Å². The van der Waals surface area contributed by atoms with Crippen molar-refractivity contribution in [3.05, 3.63) is 29.3 Å². The van der Waals surface area contributed by atoms with Crippen LogP contribution in [0, 0.1) is 19.3 Å². The van der Waals surface area contributed by atoms with E-state index in [1.165, 1.54) is 7.11 Å². The van der Waals surface area contributed by atoms with Gasteiger partial charge >= 0.3 is 5.97 Å². The summed E-state index contributed by atoms with van der Waals surface area (Å²) in [6, 6.07) is 2.02. The number of nitrogens with one attached hydrogen (secondary N) is 1. The molecule has 21 heavy (non-hydrogen) atoms. The number of hydrogen-bond donors (Lipinski definition) is 1. The number of ether oxygens (including phenoxy) is 1. The van der Waals surface area contributed by atoms with Gasteiger partial charge in [-0.15, -0.1) is 0 Å². The Morgan fingerprint density at radius 2 is 2.14 bits per heavy atom. The van der Waals surface area contributed by atoms with Crippen molar-refractivity contribution < 1.29 is 9.53 Å². The molecule has 0 saturated heterocycles. The normalized spacial score (nSPS) is 11.9. The molecule has 0 radical (unpaired) electrons. The zero-order valence-electron chi connectivity index (χ0n) is 13.2. The first-order chi connectivity index (χ1) is 9.85. The topological polar surface area (TPSA) is 68.5 Å². The molecule has 0 fully saturated rings. The summed E-state index contributed by atoms with van der Waals surface area (Å²) in [5.41, 5.74) is 2.52. The van der Waals surface area contributed by atoms with E-state index in [1.807, 2.05) is 44.4 Å². The summed E-state index contributed by atoms with van der Waals surface area (Å²) in [5, 5.41) is 3.29. The summed E-state index contributed by atoms with van der Waals surface area (Å²) in [6.07, 6.45) is 1.81. The number of imidazole rings is 1. The highest BCUT2D eigenvalue weighted by molar-refractivity contribution is 5.76. The van der Waals surface area contributed by atoms with Crippen molar-refractivity contribution in [1.82, 2.24) is 19.7 Å². The Labute approximate surface area is 124 Å². The zero-order valence-corrected chi connectivity index (χ0v) is 13.2. The molecule has 2 heterocycles. The van der Waals surface area contributed by atoms with Gasteiger partial charge in [0, 0.05) is 24.5 Å². The second kappa shape index (κ2) is 5.81. The average Bonchev–Trinajstić information content (AvgIpc) is 2.80. The van der Waals surface area contributed by atoms with Crippen molar-refractivity contribution in [3.63, 3.8) is 0 Å². The molecule has 114 valence electrons. The maximum atomic E-state index is 11.6. The average molecular weight is 290 g/mol. The van der Waals surface area contributed by atoms with E-state index in [0.717, 1.165) is 17.1 Å². The Kier molecular flexibility index (Phi) is 4.27. The van der Waals surface area contributed by atoms with Crippen LogP contribution in [0.3, 0.4) is 0 Å². The van der Waals surface area contributed by atoms with Crippen LogP contribution in [0.4, 0.5) is 0 Å². The first kappa shape index (κ1) is 15.4. The van der Waals surface area contributed by atoms with Crippen LogP contribution in [0.1, 0.15) is 30.9 Å². The molecular weight excluding hydrogens is 268 g/mol. The maximum absolute atomic E-state index is 11.6. The van der Waals surface area contributed by atoms with Gasteiger partial charge in [-0.3, -0.25) is 9.20 Å². The van der Waals surface area contributed by atoms with Crippen molar-refractivity contribution in [3.8, 4) is 0 Å². The van der Waals surface area contributed by atoms with E-state index in [0.29, 0.717) is 18.9 Å². The van der Waals surface area contributed by atoms with E-state index in [2.05, 4.69) is 15.3 Å². The zero-order chi connectivity index (χ0) is 15.6. The minimum atomic E-state index is -0.556. The maximum Gasteiger partial charge on any atom is 0.312 e. The van der Waals surface area contributed by atoms with Crippen molar-refractivity contribution in [2.45, 2.75) is 34.2 Å². The minimum Gasteiger partial charge on any atom is -0.469 e. The molecule has 2 aromatic heterocycles. The number of nitrogens with zero attached hydrogens (tertiary/aromatic N) is 3. The van der Waals surface area contributed by atoms with Crippen LogP contribution >= 0.6 is 0 Å². The monoisotopic (exact) mass is 290 g/mol. The Balaban J connectivity index is 2.10. The summed E-state index contributed by atoms with van der Waals surface area (Å²) >= 11 is 0. The second-order valence-electron chi connectivity index (χ2n) is 5.90. The molecule has 1 N–H and O–H groups in total. The van der Waals surface area contributed by atoms with Crippen molar-refractivity contribution in [1.29, 1.82) is 0 Å². The predicted octanol–water partition coefficient (Wildman–Crippen LogP) is 1.63. The highest BCUT2D eigenvalue weighted by Gasteiger charge is 2.28. The summed E-state index contributed by atoms with van der Waals surface area (Å²) in [6.45, 7) is 8.86. The fourth-order valence-corrected chi connectivity index (χ4v) is 2.37. The number of rotatable bonds is 5. The molecule has 2 rings (SSSR count). The Hall–Kier alpha value is -1.95. The Morgan fingerprint density at radius 1 is 1.43 bits per heavy atom. The summed E-state index contributed by atoms with van der Waals surface area (Å²) in [7, 11) is 1.41. The summed E-state index contributed by atoms with van der Waals surface area (Å²) < 4.78 is 6.82. The lowest BCUT2D eigenvalue weighted by Crippen LogP contribution is -2.36. The van der Waals surface area contributed by atoms with Gasteiger partial charge in [-0.25, -0.2) is 9.97 Å². The van der Waals surface area contributed by atoms with Gasteiger partial charge in [-0.2, -0.15) is 0 Å². The number of aromatic nitrogens is 3. The molecule has 0 spiro atoms. The van der Waals surface area contributed by atoms with E-state index in [-0.39, 0.29) is 5.97 Å². The van der Waals surface area contributed by atoms with Gasteiger partial charge in [0.2, 0.25) is 5.78 Å². The second-order valence-corrected chi connectivity index (χ2v) is 5.90. The largest absolute Gasteiger partial charge is 0.469 e. The molecule has 0 atom stereocenters. The molecule has 0 aromatic carbocycles. The van der Waals surface area contributed by atoms with Crippen molar-refractivity contribution in [2.24, 2.45) is 5.41 Å². The SMILES string of the molecule is COC(=O)C(C)(C)CNCc1cnc2nc(C)cc(C)n12. The number of methoxy groups -OCH3 is 1. The van der Waals surface area contributed by atoms with Gasteiger partial charge in [0.25, 0.3) is 0 Å². The third kappa shape index (κ3) is 3.21. The van der Waals surface area contributed by atoms with E-state index < -0.39 is 5.41 Å². The molecule has 0 bridgehead atoms. The lowest BCUT2D eigenvalue weighted by atomic mass is 9.94. The van der Waals surface area contributed by atoms with Crippen LogP contribution in [-0.4, -0.2) is 34.0 Å². The fourth-order valence-electron chi connectivity index (χ4n) is 2.37. The molecule has 0 aliphatic rings. The molecular formula is C15H22N4O2. The van der Waals surface area contributed by atoms with Crippen LogP contribution in [0.25, 0.3) is 5.78 Å². The standard InChI is InChI=1S/C15H22N4O2/c1-10-6-11(2)19-12(8-17-14(19)18-10)7-16-9-15(3,4)13(20)21-5/h6,8,16H,7,9H2,1-5H3. The summed E-state index contributed by atoms with van der Waals surface area (Å²) in [4.78, 5) is 20.4. The van der Waals surface area contributed by atoms with Crippen LogP contribution in [-0.2, 0) is 16.1 Å². The van der Waals surface area contributed by atoms with Crippen molar-refractivity contribution in [2.75, 3.05) is 13.7 Å². The molecule has 0 aliphatic carbocycles. The quantitative estimate of drug-likeness (QED) is 0.848. The van der Waals surface area contributed by atoms with Crippen LogP contribution in [0.2, 0.25) is 0 Å². The highest BCUT2D eigenvalue weighted by Crippen LogP contribution is 2.16. The number of hydrogen-bond acceptors (Lipinski definition) is 5. The molecule has 2 aromatic rings. The van der Waals surface area contributed by atoms with Gasteiger partial charge < -0.3 is 10.1 Å². The third-order valence-corrected chi connectivity index (χ3v) is 3.47. The fraction of sp³-hybridized carbons (Fsp3) is 0.533.